The number of nitrogens with zero attached hydrogens (tertiary/aromatic N) is 1. The van der Waals surface area contributed by atoms with Crippen LogP contribution in [0.5, 0.6) is 5.75 Å². The number of carbonyl (C=O) groups excluding carboxylic acids is 3. The SMILES string of the molecule is COC(=O)C(C)Oc1cc(N2C(=O)CC(O)(C(F)(F)F)NC2=O)c(F)cc1Cl. The lowest BCUT2D eigenvalue weighted by Crippen LogP contribution is -2.68. The second kappa shape index (κ2) is 7.43. The van der Waals surface area contributed by atoms with Gasteiger partial charge in [0.05, 0.1) is 24.2 Å². The van der Waals surface area contributed by atoms with Gasteiger partial charge in [0.15, 0.2) is 6.10 Å². The first kappa shape index (κ1) is 21.7. The maximum atomic E-state index is 14.3. The van der Waals surface area contributed by atoms with Gasteiger partial charge in [0.2, 0.25) is 11.6 Å². The largest absolute Gasteiger partial charge is 0.477 e. The molecule has 1 heterocycles. The van der Waals surface area contributed by atoms with E-state index in [9.17, 15) is 37.1 Å². The van der Waals surface area contributed by atoms with E-state index in [1.165, 1.54) is 12.2 Å². The number of aliphatic hydroxyl groups is 1. The van der Waals surface area contributed by atoms with E-state index in [0.717, 1.165) is 13.2 Å². The summed E-state index contributed by atoms with van der Waals surface area (Å²) in [6, 6.07) is -0.322. The van der Waals surface area contributed by atoms with Crippen LogP contribution in [0.2, 0.25) is 5.02 Å². The van der Waals surface area contributed by atoms with E-state index in [1.807, 2.05) is 0 Å². The number of nitrogens with one attached hydrogen (secondary N) is 1. The first-order valence-corrected chi connectivity index (χ1v) is 7.86. The van der Waals surface area contributed by atoms with Crippen molar-refractivity contribution in [1.29, 1.82) is 0 Å². The average molecular weight is 429 g/mol. The Kier molecular flexibility index (Phi) is 5.76. The highest BCUT2D eigenvalue weighted by molar-refractivity contribution is 6.32. The number of benzene rings is 1. The Morgan fingerprint density at radius 3 is 2.50 bits per heavy atom. The molecule has 1 aromatic rings. The molecule has 1 aliphatic heterocycles. The summed E-state index contributed by atoms with van der Waals surface area (Å²) in [5.41, 5.74) is -4.58. The first-order valence-electron chi connectivity index (χ1n) is 7.48. The monoisotopic (exact) mass is 428 g/mol. The van der Waals surface area contributed by atoms with Crippen molar-refractivity contribution in [1.82, 2.24) is 5.32 Å². The molecule has 1 aromatic carbocycles. The Hall–Kier alpha value is -2.60. The minimum absolute atomic E-state index is 0.0571. The second-order valence-electron chi connectivity index (χ2n) is 5.71. The van der Waals surface area contributed by atoms with Gasteiger partial charge in [-0.2, -0.15) is 13.2 Å². The van der Waals surface area contributed by atoms with Crippen LogP contribution < -0.4 is 15.0 Å². The summed E-state index contributed by atoms with van der Waals surface area (Å²) in [6.07, 6.45) is -8.13. The molecule has 8 nitrogen and oxygen atoms in total. The second-order valence-corrected chi connectivity index (χ2v) is 6.12. The Morgan fingerprint density at radius 1 is 1.39 bits per heavy atom. The normalized spacial score (nSPS) is 21.2. The predicted molar refractivity (Wildman–Crippen MR) is 85.2 cm³/mol. The lowest BCUT2D eigenvalue weighted by atomic mass is 10.1. The van der Waals surface area contributed by atoms with Crippen molar-refractivity contribution in [3.8, 4) is 5.75 Å². The number of hydrogen-bond acceptors (Lipinski definition) is 6. The summed E-state index contributed by atoms with van der Waals surface area (Å²) in [5.74, 6) is -3.92. The van der Waals surface area contributed by atoms with E-state index >= 15 is 0 Å². The molecule has 0 aromatic heterocycles. The molecule has 3 amide bonds. The number of carbonyl (C=O) groups is 3. The van der Waals surface area contributed by atoms with Crippen LogP contribution in [0.3, 0.4) is 0 Å². The number of halogens is 5. The summed E-state index contributed by atoms with van der Waals surface area (Å²) in [6.45, 7) is 1.27. The molecular weight excluding hydrogens is 416 g/mol. The van der Waals surface area contributed by atoms with Gasteiger partial charge in [-0.25, -0.2) is 18.9 Å². The molecule has 0 aliphatic carbocycles. The molecule has 13 heteroatoms. The van der Waals surface area contributed by atoms with Crippen molar-refractivity contribution >= 4 is 35.2 Å². The number of esters is 1. The highest BCUT2D eigenvalue weighted by Gasteiger charge is 2.60. The Balaban J connectivity index is 2.40. The Labute approximate surface area is 159 Å². The quantitative estimate of drug-likeness (QED) is 0.562. The van der Waals surface area contributed by atoms with E-state index < -0.39 is 53.8 Å². The van der Waals surface area contributed by atoms with E-state index in [2.05, 4.69) is 4.74 Å². The number of anilines is 1. The molecule has 0 bridgehead atoms. The van der Waals surface area contributed by atoms with E-state index in [4.69, 9.17) is 16.3 Å². The number of imide groups is 1. The molecule has 28 heavy (non-hydrogen) atoms. The smallest absolute Gasteiger partial charge is 0.437 e. The topological polar surface area (TPSA) is 105 Å². The Bertz CT molecular complexity index is 813. The van der Waals surface area contributed by atoms with Gasteiger partial charge in [-0.15, -0.1) is 0 Å². The Morgan fingerprint density at radius 2 is 2.00 bits per heavy atom. The maximum absolute atomic E-state index is 14.3. The van der Waals surface area contributed by atoms with Gasteiger partial charge in [-0.1, -0.05) is 11.6 Å². The molecule has 2 unspecified atom stereocenters. The molecule has 2 N–H and O–H groups in total. The van der Waals surface area contributed by atoms with Crippen LogP contribution in [-0.4, -0.2) is 48.1 Å². The third-order valence-corrected chi connectivity index (χ3v) is 4.02. The van der Waals surface area contributed by atoms with Gasteiger partial charge in [0.1, 0.15) is 11.6 Å². The van der Waals surface area contributed by atoms with E-state index in [1.54, 1.807) is 0 Å². The molecule has 154 valence electrons. The number of rotatable bonds is 4. The standard InChI is InChI=1S/C15H13ClF4N2O6/c1-6(12(24)27-2)28-10-4-9(8(17)3-7(10)16)22-11(23)5-14(26,15(18,19)20)21-13(22)25/h3-4,6,26H,5H2,1-2H3,(H,21,25). The number of ether oxygens (including phenoxy) is 2. The van der Waals surface area contributed by atoms with Crippen LogP contribution in [0.1, 0.15) is 13.3 Å². The molecule has 0 spiro atoms. The molecule has 0 radical (unpaired) electrons. The van der Waals surface area contributed by atoms with Gasteiger partial charge in [-0.05, 0) is 13.0 Å². The summed E-state index contributed by atoms with van der Waals surface area (Å²) < 4.78 is 62.5. The highest BCUT2D eigenvalue weighted by Crippen LogP contribution is 2.38. The zero-order valence-corrected chi connectivity index (χ0v) is 15.0. The van der Waals surface area contributed by atoms with Crippen molar-refractivity contribution in [3.63, 3.8) is 0 Å². The number of methoxy groups -OCH3 is 1. The predicted octanol–water partition coefficient (Wildman–Crippen LogP) is 2.12. The van der Waals surface area contributed by atoms with E-state index in [0.29, 0.717) is 6.07 Å². The number of amides is 3. The third-order valence-electron chi connectivity index (χ3n) is 3.72. The summed E-state index contributed by atoms with van der Waals surface area (Å²) in [5, 5.41) is 10.4. The van der Waals surface area contributed by atoms with Gasteiger partial charge in [-0.3, -0.25) is 4.79 Å². The summed E-state index contributed by atoms with van der Waals surface area (Å²) >= 11 is 5.80. The van der Waals surface area contributed by atoms with Crippen LogP contribution in [0.25, 0.3) is 0 Å². The minimum atomic E-state index is -5.34. The molecule has 2 rings (SSSR count). The zero-order chi connectivity index (χ0) is 21.4. The minimum Gasteiger partial charge on any atom is -0.477 e. The molecule has 1 saturated heterocycles. The summed E-state index contributed by atoms with van der Waals surface area (Å²) in [7, 11) is 1.08. The van der Waals surface area contributed by atoms with Gasteiger partial charge in [0.25, 0.3) is 0 Å². The molecule has 2 atom stereocenters. The zero-order valence-electron chi connectivity index (χ0n) is 14.3. The van der Waals surface area contributed by atoms with Gasteiger partial charge < -0.3 is 19.9 Å². The van der Waals surface area contributed by atoms with Crippen LogP contribution in [0, 0.1) is 5.82 Å². The molecule has 1 fully saturated rings. The number of urea groups is 1. The van der Waals surface area contributed by atoms with Crippen molar-refractivity contribution < 1.29 is 46.5 Å². The van der Waals surface area contributed by atoms with Crippen LogP contribution >= 0.6 is 11.6 Å². The van der Waals surface area contributed by atoms with Crippen LogP contribution in [-0.2, 0) is 14.3 Å². The lowest BCUT2D eigenvalue weighted by molar-refractivity contribution is -0.269. The summed E-state index contributed by atoms with van der Waals surface area (Å²) in [4.78, 5) is 35.6. The van der Waals surface area contributed by atoms with Gasteiger partial charge >= 0.3 is 18.2 Å². The molecule has 1 aliphatic rings. The van der Waals surface area contributed by atoms with Crippen molar-refractivity contribution in [2.24, 2.45) is 0 Å². The molecular formula is C15H13ClF4N2O6. The number of hydrogen-bond donors (Lipinski definition) is 2. The maximum Gasteiger partial charge on any atom is 0.437 e. The molecule has 0 saturated carbocycles. The van der Waals surface area contributed by atoms with Crippen molar-refractivity contribution in [2.75, 3.05) is 12.0 Å². The van der Waals surface area contributed by atoms with Crippen molar-refractivity contribution in [3.05, 3.63) is 23.0 Å². The van der Waals surface area contributed by atoms with Crippen molar-refractivity contribution in [2.45, 2.75) is 31.3 Å². The van der Waals surface area contributed by atoms with Crippen LogP contribution in [0.4, 0.5) is 28.0 Å². The average Bonchev–Trinajstić information content (AvgIpc) is 2.56. The van der Waals surface area contributed by atoms with Gasteiger partial charge in [0, 0.05) is 6.07 Å². The fraction of sp³-hybridized carbons (Fsp3) is 0.400. The lowest BCUT2D eigenvalue weighted by Gasteiger charge is -2.38. The fourth-order valence-corrected chi connectivity index (χ4v) is 2.48. The fourth-order valence-electron chi connectivity index (χ4n) is 2.29. The third kappa shape index (κ3) is 3.97. The van der Waals surface area contributed by atoms with E-state index in [-0.39, 0.29) is 15.7 Å². The first-order chi connectivity index (χ1) is 12.8. The van der Waals surface area contributed by atoms with Crippen LogP contribution in [0.15, 0.2) is 12.1 Å². The highest BCUT2D eigenvalue weighted by atomic mass is 35.5. The number of alkyl halides is 3.